The molecule has 0 radical (unpaired) electrons. The first kappa shape index (κ1) is 14.8. The molecule has 0 aromatic heterocycles. The first-order valence-electron chi connectivity index (χ1n) is 6.35. The van der Waals surface area contributed by atoms with Crippen LogP contribution in [-0.4, -0.2) is 33.9 Å². The quantitative estimate of drug-likeness (QED) is 0.688. The Hall–Kier alpha value is -1.26. The molecule has 0 unspecified atom stereocenters. The molecule has 102 valence electrons. The molecule has 1 aromatic rings. The molecule has 4 nitrogen and oxygen atoms in total. The van der Waals surface area contributed by atoms with Crippen LogP contribution in [0.1, 0.15) is 17.5 Å². The molecule has 3 N–H and O–H groups in total. The summed E-state index contributed by atoms with van der Waals surface area (Å²) in [4.78, 5) is 0. The first-order chi connectivity index (χ1) is 8.72. The van der Waals surface area contributed by atoms with E-state index >= 15 is 0 Å². The van der Waals surface area contributed by atoms with Gasteiger partial charge in [-0.05, 0) is 56.6 Å². The molecule has 0 spiro atoms. The van der Waals surface area contributed by atoms with E-state index in [9.17, 15) is 0 Å². The van der Waals surface area contributed by atoms with Crippen molar-refractivity contribution in [2.24, 2.45) is 5.73 Å². The zero-order valence-electron chi connectivity index (χ0n) is 11.6. The summed E-state index contributed by atoms with van der Waals surface area (Å²) in [6, 6.07) is 3.97. The highest BCUT2D eigenvalue weighted by Crippen LogP contribution is 2.28. The van der Waals surface area contributed by atoms with Crippen LogP contribution in [0.3, 0.4) is 0 Å². The van der Waals surface area contributed by atoms with Crippen LogP contribution in [0, 0.1) is 6.92 Å². The molecule has 1 aromatic carbocycles. The minimum absolute atomic E-state index is 0.734. The molecule has 0 bridgehead atoms. The predicted molar refractivity (Wildman–Crippen MR) is 74.5 cm³/mol. The fourth-order valence-corrected chi connectivity index (χ4v) is 1.94. The third kappa shape index (κ3) is 4.20. The van der Waals surface area contributed by atoms with E-state index in [2.05, 4.69) is 12.2 Å². The number of methoxy groups -OCH3 is 2. The standard InChI is InChI=1S/C14H24N2O2/c1-11-9-12(17-2)10-14(18-3)13(11)5-8-16-7-4-6-15/h9-10,16H,4-8,15H2,1-3H3. The molecule has 0 saturated heterocycles. The maximum Gasteiger partial charge on any atom is 0.126 e. The summed E-state index contributed by atoms with van der Waals surface area (Å²) in [5.74, 6) is 1.73. The van der Waals surface area contributed by atoms with E-state index in [4.69, 9.17) is 15.2 Å². The van der Waals surface area contributed by atoms with Gasteiger partial charge in [-0.15, -0.1) is 0 Å². The lowest BCUT2D eigenvalue weighted by Gasteiger charge is -2.14. The number of hydrogen-bond donors (Lipinski definition) is 2. The van der Waals surface area contributed by atoms with Crippen molar-refractivity contribution < 1.29 is 9.47 Å². The number of hydrogen-bond acceptors (Lipinski definition) is 4. The molecule has 18 heavy (non-hydrogen) atoms. The summed E-state index contributed by atoms with van der Waals surface area (Å²) in [5.41, 5.74) is 7.89. The van der Waals surface area contributed by atoms with Crippen molar-refractivity contribution in [1.82, 2.24) is 5.32 Å². The van der Waals surface area contributed by atoms with E-state index in [1.165, 1.54) is 11.1 Å². The third-order valence-electron chi connectivity index (χ3n) is 2.97. The summed E-state index contributed by atoms with van der Waals surface area (Å²) in [5, 5.41) is 3.38. The summed E-state index contributed by atoms with van der Waals surface area (Å²) in [6.45, 7) is 4.72. The third-order valence-corrected chi connectivity index (χ3v) is 2.97. The van der Waals surface area contributed by atoms with Crippen LogP contribution in [0.4, 0.5) is 0 Å². The van der Waals surface area contributed by atoms with E-state index in [0.29, 0.717) is 0 Å². The van der Waals surface area contributed by atoms with Crippen molar-refractivity contribution in [3.05, 3.63) is 23.3 Å². The molecule has 0 heterocycles. The van der Waals surface area contributed by atoms with Crippen molar-refractivity contribution in [3.8, 4) is 11.5 Å². The van der Waals surface area contributed by atoms with Gasteiger partial charge in [0, 0.05) is 6.07 Å². The van der Waals surface area contributed by atoms with Crippen molar-refractivity contribution in [2.75, 3.05) is 33.9 Å². The average molecular weight is 252 g/mol. The molecule has 0 aliphatic carbocycles. The summed E-state index contributed by atoms with van der Waals surface area (Å²) >= 11 is 0. The van der Waals surface area contributed by atoms with Gasteiger partial charge in [-0.1, -0.05) is 0 Å². The lowest BCUT2D eigenvalue weighted by atomic mass is 10.0. The van der Waals surface area contributed by atoms with Crippen LogP contribution in [-0.2, 0) is 6.42 Å². The van der Waals surface area contributed by atoms with Gasteiger partial charge in [-0.3, -0.25) is 0 Å². The van der Waals surface area contributed by atoms with Gasteiger partial charge >= 0.3 is 0 Å². The van der Waals surface area contributed by atoms with E-state index < -0.39 is 0 Å². The van der Waals surface area contributed by atoms with Gasteiger partial charge in [0.1, 0.15) is 11.5 Å². The SMILES string of the molecule is COc1cc(C)c(CCNCCCN)c(OC)c1. The van der Waals surface area contributed by atoms with Gasteiger partial charge in [-0.2, -0.15) is 0 Å². The minimum Gasteiger partial charge on any atom is -0.497 e. The van der Waals surface area contributed by atoms with Gasteiger partial charge in [0.25, 0.3) is 0 Å². The molecule has 0 atom stereocenters. The fraction of sp³-hybridized carbons (Fsp3) is 0.571. The normalized spacial score (nSPS) is 10.4. The maximum absolute atomic E-state index is 5.45. The van der Waals surface area contributed by atoms with Crippen LogP contribution in [0.2, 0.25) is 0 Å². The summed E-state index contributed by atoms with van der Waals surface area (Å²) in [6.07, 6.45) is 1.96. The Balaban J connectivity index is 2.63. The number of nitrogens with one attached hydrogen (secondary N) is 1. The smallest absolute Gasteiger partial charge is 0.126 e. The van der Waals surface area contributed by atoms with E-state index in [-0.39, 0.29) is 0 Å². The Kier molecular flexibility index (Phi) is 6.54. The first-order valence-corrected chi connectivity index (χ1v) is 6.35. The molecule has 0 fully saturated rings. The Bertz CT molecular complexity index is 367. The van der Waals surface area contributed by atoms with Crippen molar-refractivity contribution in [1.29, 1.82) is 0 Å². The zero-order chi connectivity index (χ0) is 13.4. The highest BCUT2D eigenvalue weighted by Gasteiger charge is 2.08. The second-order valence-electron chi connectivity index (χ2n) is 4.27. The van der Waals surface area contributed by atoms with Crippen LogP contribution in [0.15, 0.2) is 12.1 Å². The highest BCUT2D eigenvalue weighted by atomic mass is 16.5. The van der Waals surface area contributed by atoms with Gasteiger partial charge in [0.2, 0.25) is 0 Å². The van der Waals surface area contributed by atoms with Gasteiger partial charge in [0.05, 0.1) is 14.2 Å². The molecular formula is C14H24N2O2. The number of ether oxygens (including phenoxy) is 2. The molecule has 0 saturated carbocycles. The zero-order valence-corrected chi connectivity index (χ0v) is 11.6. The van der Waals surface area contributed by atoms with Crippen molar-refractivity contribution in [3.63, 3.8) is 0 Å². The Morgan fingerprint density at radius 1 is 1.17 bits per heavy atom. The van der Waals surface area contributed by atoms with Gasteiger partial charge in [0.15, 0.2) is 0 Å². The van der Waals surface area contributed by atoms with Crippen LogP contribution < -0.4 is 20.5 Å². The molecular weight excluding hydrogens is 228 g/mol. The lowest BCUT2D eigenvalue weighted by molar-refractivity contribution is 0.390. The molecule has 0 amide bonds. The van der Waals surface area contributed by atoms with Crippen LogP contribution in [0.25, 0.3) is 0 Å². The second kappa shape index (κ2) is 7.95. The Labute approximate surface area is 109 Å². The lowest BCUT2D eigenvalue weighted by Crippen LogP contribution is -2.21. The minimum atomic E-state index is 0.734. The average Bonchev–Trinajstić information content (AvgIpc) is 2.39. The van der Waals surface area contributed by atoms with Crippen molar-refractivity contribution >= 4 is 0 Å². The van der Waals surface area contributed by atoms with E-state index in [1.807, 2.05) is 12.1 Å². The summed E-state index contributed by atoms with van der Waals surface area (Å²) < 4.78 is 10.7. The monoisotopic (exact) mass is 252 g/mol. The Morgan fingerprint density at radius 2 is 1.94 bits per heavy atom. The Morgan fingerprint density at radius 3 is 2.56 bits per heavy atom. The fourth-order valence-electron chi connectivity index (χ4n) is 1.94. The molecule has 0 aliphatic rings. The largest absolute Gasteiger partial charge is 0.497 e. The van der Waals surface area contributed by atoms with Crippen LogP contribution >= 0.6 is 0 Å². The van der Waals surface area contributed by atoms with E-state index in [1.54, 1.807) is 14.2 Å². The summed E-state index contributed by atoms with van der Waals surface area (Å²) in [7, 11) is 3.36. The number of benzene rings is 1. The predicted octanol–water partition coefficient (Wildman–Crippen LogP) is 1.49. The van der Waals surface area contributed by atoms with Crippen molar-refractivity contribution in [2.45, 2.75) is 19.8 Å². The van der Waals surface area contributed by atoms with Gasteiger partial charge < -0.3 is 20.5 Å². The van der Waals surface area contributed by atoms with Gasteiger partial charge in [-0.25, -0.2) is 0 Å². The maximum atomic E-state index is 5.45. The highest BCUT2D eigenvalue weighted by molar-refractivity contribution is 5.46. The van der Waals surface area contributed by atoms with Crippen LogP contribution in [0.5, 0.6) is 11.5 Å². The number of rotatable bonds is 8. The second-order valence-corrected chi connectivity index (χ2v) is 4.27. The molecule has 1 rings (SSSR count). The molecule has 4 heteroatoms. The number of nitrogens with two attached hydrogens (primary N) is 1. The topological polar surface area (TPSA) is 56.5 Å². The van der Waals surface area contributed by atoms with E-state index in [0.717, 1.165) is 44.0 Å². The number of aryl methyl sites for hydroxylation is 1. The molecule has 0 aliphatic heterocycles.